The van der Waals surface area contributed by atoms with E-state index in [0.29, 0.717) is 5.56 Å². The molecule has 0 saturated heterocycles. The van der Waals surface area contributed by atoms with Gasteiger partial charge in [-0.25, -0.2) is 9.18 Å². The van der Waals surface area contributed by atoms with Gasteiger partial charge in [0.15, 0.2) is 6.61 Å². The molecule has 0 aliphatic rings. The highest BCUT2D eigenvalue weighted by atomic mass is 19.1. The van der Waals surface area contributed by atoms with E-state index in [2.05, 4.69) is 5.32 Å². The summed E-state index contributed by atoms with van der Waals surface area (Å²) in [4.78, 5) is 34.0. The van der Waals surface area contributed by atoms with Gasteiger partial charge < -0.3 is 14.8 Å². The molecule has 0 aromatic heterocycles. The van der Waals surface area contributed by atoms with Crippen LogP contribution in [0.15, 0.2) is 42.5 Å². The second-order valence-electron chi connectivity index (χ2n) is 5.12. The van der Waals surface area contributed by atoms with Crippen molar-refractivity contribution in [3.05, 3.63) is 69.5 Å². The lowest BCUT2D eigenvalue weighted by Crippen LogP contribution is -2.28. The molecule has 136 valence electrons. The fourth-order valence-electron chi connectivity index (χ4n) is 2.03. The molecule has 0 bridgehead atoms. The molecule has 0 aliphatic carbocycles. The Morgan fingerprint density at radius 3 is 2.50 bits per heavy atom. The maximum absolute atomic E-state index is 12.8. The molecule has 0 atom stereocenters. The molecule has 0 fully saturated rings. The fraction of sp³-hybridized carbons (Fsp3) is 0.176. The lowest BCUT2D eigenvalue weighted by atomic mass is 10.2. The van der Waals surface area contributed by atoms with Crippen LogP contribution in [0.1, 0.15) is 15.9 Å². The van der Waals surface area contributed by atoms with Crippen molar-refractivity contribution in [2.24, 2.45) is 0 Å². The first kappa shape index (κ1) is 18.8. The first-order chi connectivity index (χ1) is 12.4. The molecule has 26 heavy (non-hydrogen) atoms. The number of rotatable bonds is 7. The van der Waals surface area contributed by atoms with E-state index in [-0.39, 0.29) is 29.4 Å². The first-order valence-corrected chi connectivity index (χ1v) is 7.41. The number of benzene rings is 2. The molecule has 1 amide bonds. The van der Waals surface area contributed by atoms with Crippen LogP contribution in [0.25, 0.3) is 0 Å². The molecule has 1 N–H and O–H groups in total. The van der Waals surface area contributed by atoms with Crippen LogP contribution in [0.4, 0.5) is 10.1 Å². The number of carbonyl (C=O) groups is 2. The maximum Gasteiger partial charge on any atom is 0.342 e. The summed E-state index contributed by atoms with van der Waals surface area (Å²) in [6.07, 6.45) is 0. The zero-order valence-corrected chi connectivity index (χ0v) is 13.7. The summed E-state index contributed by atoms with van der Waals surface area (Å²) < 4.78 is 22.6. The Bertz CT molecular complexity index is 823. The van der Waals surface area contributed by atoms with Crippen LogP contribution in [-0.4, -0.2) is 30.5 Å². The van der Waals surface area contributed by atoms with Crippen LogP contribution in [0.3, 0.4) is 0 Å². The van der Waals surface area contributed by atoms with E-state index >= 15 is 0 Å². The third kappa shape index (κ3) is 5.00. The van der Waals surface area contributed by atoms with Gasteiger partial charge in [0, 0.05) is 18.7 Å². The minimum Gasteiger partial charge on any atom is -0.496 e. The molecule has 0 aliphatic heterocycles. The monoisotopic (exact) mass is 362 g/mol. The number of halogens is 1. The van der Waals surface area contributed by atoms with Crippen molar-refractivity contribution in [2.45, 2.75) is 6.54 Å². The van der Waals surface area contributed by atoms with Crippen molar-refractivity contribution >= 4 is 17.6 Å². The van der Waals surface area contributed by atoms with E-state index in [9.17, 15) is 24.1 Å². The van der Waals surface area contributed by atoms with Gasteiger partial charge in [-0.1, -0.05) is 12.1 Å². The van der Waals surface area contributed by atoms with Gasteiger partial charge in [0.2, 0.25) is 0 Å². The van der Waals surface area contributed by atoms with E-state index in [1.165, 1.54) is 43.5 Å². The highest BCUT2D eigenvalue weighted by Crippen LogP contribution is 2.24. The Kier molecular flexibility index (Phi) is 6.20. The van der Waals surface area contributed by atoms with Crippen LogP contribution < -0.4 is 10.1 Å². The number of nitro groups is 1. The van der Waals surface area contributed by atoms with Gasteiger partial charge in [0.1, 0.15) is 17.1 Å². The molecule has 0 radical (unpaired) electrons. The number of hydrogen-bond acceptors (Lipinski definition) is 6. The summed E-state index contributed by atoms with van der Waals surface area (Å²) in [5.41, 5.74) is 0.206. The second kappa shape index (κ2) is 8.56. The highest BCUT2D eigenvalue weighted by Gasteiger charge is 2.19. The molecule has 0 unspecified atom stereocenters. The minimum atomic E-state index is -0.928. The van der Waals surface area contributed by atoms with Crippen molar-refractivity contribution in [3.8, 4) is 5.75 Å². The largest absolute Gasteiger partial charge is 0.496 e. The molecule has 0 saturated carbocycles. The molecule has 8 nitrogen and oxygen atoms in total. The standard InChI is InChI=1S/C17H15FN2O6/c1-25-15-7-6-13(20(23)24)8-14(15)17(22)26-10-16(21)19-9-11-2-4-12(18)5-3-11/h2-8H,9-10H2,1H3,(H,19,21). The quantitative estimate of drug-likeness (QED) is 0.460. The minimum absolute atomic E-state index is 0.0901. The van der Waals surface area contributed by atoms with Crippen molar-refractivity contribution in [3.63, 3.8) is 0 Å². The highest BCUT2D eigenvalue weighted by molar-refractivity contribution is 5.94. The Morgan fingerprint density at radius 2 is 1.88 bits per heavy atom. The number of non-ortho nitro benzene ring substituents is 1. The Morgan fingerprint density at radius 1 is 1.19 bits per heavy atom. The fourth-order valence-corrected chi connectivity index (χ4v) is 2.03. The van der Waals surface area contributed by atoms with Gasteiger partial charge in [-0.3, -0.25) is 14.9 Å². The van der Waals surface area contributed by atoms with Gasteiger partial charge in [0.25, 0.3) is 11.6 Å². The molecular weight excluding hydrogens is 347 g/mol. The van der Waals surface area contributed by atoms with Crippen LogP contribution in [-0.2, 0) is 16.1 Å². The Balaban J connectivity index is 1.93. The van der Waals surface area contributed by atoms with E-state index < -0.39 is 23.4 Å². The van der Waals surface area contributed by atoms with Gasteiger partial charge in [-0.05, 0) is 23.8 Å². The van der Waals surface area contributed by atoms with Gasteiger partial charge in [-0.2, -0.15) is 0 Å². The number of amides is 1. The topological polar surface area (TPSA) is 108 Å². The molecule has 0 heterocycles. The van der Waals surface area contributed by atoms with Crippen molar-refractivity contribution in [2.75, 3.05) is 13.7 Å². The average Bonchev–Trinajstić information content (AvgIpc) is 2.65. The van der Waals surface area contributed by atoms with Crippen molar-refractivity contribution in [1.29, 1.82) is 0 Å². The summed E-state index contributed by atoms with van der Waals surface area (Å²) in [5, 5.41) is 13.3. The number of nitrogens with one attached hydrogen (secondary N) is 1. The Labute approximate surface area is 147 Å². The number of methoxy groups -OCH3 is 1. The van der Waals surface area contributed by atoms with Gasteiger partial charge in [-0.15, -0.1) is 0 Å². The maximum atomic E-state index is 12.8. The van der Waals surface area contributed by atoms with E-state index in [0.717, 1.165) is 6.07 Å². The van der Waals surface area contributed by atoms with E-state index in [1.54, 1.807) is 0 Å². The average molecular weight is 362 g/mol. The number of nitro benzene ring substituents is 1. The van der Waals surface area contributed by atoms with Crippen molar-refractivity contribution < 1.29 is 28.4 Å². The number of carbonyl (C=O) groups excluding carboxylic acids is 2. The predicted octanol–water partition coefficient (Wildman–Crippen LogP) is 2.22. The Hall–Kier alpha value is -3.49. The van der Waals surface area contributed by atoms with Crippen LogP contribution in [0.5, 0.6) is 5.75 Å². The summed E-state index contributed by atoms with van der Waals surface area (Å²) >= 11 is 0. The predicted molar refractivity (Wildman–Crippen MR) is 88.2 cm³/mol. The number of nitrogens with zero attached hydrogens (tertiary/aromatic N) is 1. The lowest BCUT2D eigenvalue weighted by molar-refractivity contribution is -0.384. The molecular formula is C17H15FN2O6. The number of hydrogen-bond donors (Lipinski definition) is 1. The number of esters is 1. The lowest BCUT2D eigenvalue weighted by Gasteiger charge is -2.09. The molecule has 2 aromatic carbocycles. The summed E-state index contributed by atoms with van der Waals surface area (Å²) in [5.74, 6) is -1.80. The zero-order chi connectivity index (χ0) is 19.1. The molecule has 2 aromatic rings. The van der Waals surface area contributed by atoms with Crippen LogP contribution >= 0.6 is 0 Å². The third-order valence-electron chi connectivity index (χ3n) is 3.35. The molecule has 9 heteroatoms. The summed E-state index contributed by atoms with van der Waals surface area (Å²) in [6, 6.07) is 9.00. The first-order valence-electron chi connectivity index (χ1n) is 7.41. The van der Waals surface area contributed by atoms with Crippen LogP contribution in [0.2, 0.25) is 0 Å². The SMILES string of the molecule is COc1ccc([N+](=O)[O-])cc1C(=O)OCC(=O)NCc1ccc(F)cc1. The van der Waals surface area contributed by atoms with Gasteiger partial charge in [0.05, 0.1) is 12.0 Å². The summed E-state index contributed by atoms with van der Waals surface area (Å²) in [7, 11) is 1.30. The normalized spacial score (nSPS) is 10.1. The third-order valence-corrected chi connectivity index (χ3v) is 3.35. The van der Waals surface area contributed by atoms with Crippen LogP contribution in [0, 0.1) is 15.9 Å². The van der Waals surface area contributed by atoms with E-state index in [1.807, 2.05) is 0 Å². The van der Waals surface area contributed by atoms with Gasteiger partial charge >= 0.3 is 5.97 Å². The summed E-state index contributed by atoms with van der Waals surface area (Å²) in [6.45, 7) is -0.442. The molecule has 0 spiro atoms. The molecule has 2 rings (SSSR count). The smallest absolute Gasteiger partial charge is 0.342 e. The van der Waals surface area contributed by atoms with Crippen molar-refractivity contribution in [1.82, 2.24) is 5.32 Å². The second-order valence-corrected chi connectivity index (χ2v) is 5.12. The number of ether oxygens (including phenoxy) is 2. The van der Waals surface area contributed by atoms with E-state index in [4.69, 9.17) is 9.47 Å². The zero-order valence-electron chi connectivity index (χ0n) is 13.7.